The van der Waals surface area contributed by atoms with Crippen LogP contribution in [-0.2, 0) is 4.79 Å². The Labute approximate surface area is 88.3 Å². The topological polar surface area (TPSA) is 81.0 Å². The summed E-state index contributed by atoms with van der Waals surface area (Å²) >= 11 is 0. The summed E-state index contributed by atoms with van der Waals surface area (Å²) in [6.45, 7) is 0.845. The van der Waals surface area contributed by atoms with Crippen LogP contribution < -0.4 is 0 Å². The van der Waals surface area contributed by atoms with Gasteiger partial charge in [0.15, 0.2) is 0 Å². The highest BCUT2D eigenvalue weighted by Gasteiger charge is 2.46. The number of aliphatic hydroxyl groups excluding tert-OH is 1. The molecule has 2 aliphatic rings. The lowest BCUT2D eigenvalue weighted by Crippen LogP contribution is -2.50. The lowest BCUT2D eigenvalue weighted by Gasteiger charge is -2.40. The van der Waals surface area contributed by atoms with Gasteiger partial charge in [0, 0.05) is 19.1 Å². The number of β-amino-alcohol motifs (C(OH)–C–C–N with tert-alkyl or cyclic N) is 1. The van der Waals surface area contributed by atoms with Gasteiger partial charge in [0.1, 0.15) is 5.60 Å². The second kappa shape index (κ2) is 3.73. The number of rotatable bonds is 3. The van der Waals surface area contributed by atoms with Gasteiger partial charge in [-0.15, -0.1) is 0 Å². The van der Waals surface area contributed by atoms with Crippen molar-refractivity contribution >= 4 is 5.97 Å². The Morgan fingerprint density at radius 1 is 1.47 bits per heavy atom. The quantitative estimate of drug-likeness (QED) is 0.579. The summed E-state index contributed by atoms with van der Waals surface area (Å²) in [6.07, 6.45) is 2.15. The van der Waals surface area contributed by atoms with Gasteiger partial charge < -0.3 is 15.3 Å². The molecule has 15 heavy (non-hydrogen) atoms. The van der Waals surface area contributed by atoms with E-state index in [2.05, 4.69) is 0 Å². The van der Waals surface area contributed by atoms with Crippen molar-refractivity contribution in [3.8, 4) is 0 Å². The van der Waals surface area contributed by atoms with Crippen molar-refractivity contribution in [3.63, 3.8) is 0 Å². The number of carboxylic acids is 1. The van der Waals surface area contributed by atoms with E-state index < -0.39 is 11.6 Å². The SMILES string of the molecule is O=C(O)C1CCC1N1CCC(O)(CO)C1. The molecule has 3 N–H and O–H groups in total. The molecule has 0 aromatic heterocycles. The standard InChI is InChI=1S/C10H17NO4/c12-6-10(15)3-4-11(5-10)8-2-1-7(8)9(13)14/h7-8,12,15H,1-6H2,(H,13,14). The summed E-state index contributed by atoms with van der Waals surface area (Å²) in [5.74, 6) is -1.03. The van der Waals surface area contributed by atoms with Crippen molar-refractivity contribution in [1.29, 1.82) is 0 Å². The molecule has 86 valence electrons. The molecular weight excluding hydrogens is 198 g/mol. The van der Waals surface area contributed by atoms with E-state index in [9.17, 15) is 9.90 Å². The maximum atomic E-state index is 10.8. The van der Waals surface area contributed by atoms with E-state index in [1.54, 1.807) is 0 Å². The minimum absolute atomic E-state index is 0.0584. The third-order valence-corrected chi connectivity index (χ3v) is 3.68. The molecule has 2 fully saturated rings. The summed E-state index contributed by atoms with van der Waals surface area (Å²) in [5.41, 5.74) is -1.02. The van der Waals surface area contributed by atoms with Crippen LogP contribution in [0.25, 0.3) is 0 Å². The van der Waals surface area contributed by atoms with Crippen LogP contribution in [0.3, 0.4) is 0 Å². The first-order valence-corrected chi connectivity index (χ1v) is 5.36. The molecule has 3 unspecified atom stereocenters. The molecular formula is C10H17NO4. The van der Waals surface area contributed by atoms with Crippen molar-refractivity contribution < 1.29 is 20.1 Å². The average molecular weight is 215 g/mol. The van der Waals surface area contributed by atoms with Gasteiger partial charge in [-0.2, -0.15) is 0 Å². The molecule has 1 aliphatic heterocycles. The van der Waals surface area contributed by atoms with Gasteiger partial charge in [0.05, 0.1) is 12.5 Å². The molecule has 2 rings (SSSR count). The van der Waals surface area contributed by atoms with Crippen LogP contribution in [0.2, 0.25) is 0 Å². The Kier molecular flexibility index (Phi) is 2.70. The Morgan fingerprint density at radius 3 is 2.60 bits per heavy atom. The second-order valence-electron chi connectivity index (χ2n) is 4.69. The first kappa shape index (κ1) is 10.9. The fraction of sp³-hybridized carbons (Fsp3) is 0.900. The number of aliphatic carboxylic acids is 1. The van der Waals surface area contributed by atoms with Gasteiger partial charge >= 0.3 is 5.97 Å². The van der Waals surface area contributed by atoms with E-state index in [0.29, 0.717) is 19.5 Å². The molecule has 0 bridgehead atoms. The van der Waals surface area contributed by atoms with E-state index in [0.717, 1.165) is 12.8 Å². The average Bonchev–Trinajstić information content (AvgIpc) is 2.46. The summed E-state index contributed by atoms with van der Waals surface area (Å²) in [6, 6.07) is 0.0584. The van der Waals surface area contributed by atoms with Crippen molar-refractivity contribution in [2.24, 2.45) is 5.92 Å². The number of likely N-dealkylation sites (tertiary alicyclic amines) is 1. The van der Waals surface area contributed by atoms with Crippen molar-refractivity contribution in [2.75, 3.05) is 19.7 Å². The van der Waals surface area contributed by atoms with Crippen molar-refractivity contribution in [2.45, 2.75) is 30.9 Å². The first-order valence-electron chi connectivity index (χ1n) is 5.36. The smallest absolute Gasteiger partial charge is 0.308 e. The Balaban J connectivity index is 1.94. The van der Waals surface area contributed by atoms with Gasteiger partial charge in [0.2, 0.25) is 0 Å². The summed E-state index contributed by atoms with van der Waals surface area (Å²) in [5, 5.41) is 27.7. The lowest BCUT2D eigenvalue weighted by atomic mass is 9.78. The van der Waals surface area contributed by atoms with Gasteiger partial charge in [0.25, 0.3) is 0 Å². The number of nitrogens with zero attached hydrogens (tertiary/aromatic N) is 1. The van der Waals surface area contributed by atoms with Gasteiger partial charge in [-0.1, -0.05) is 0 Å². The third-order valence-electron chi connectivity index (χ3n) is 3.68. The molecule has 0 amide bonds. The van der Waals surface area contributed by atoms with Crippen molar-refractivity contribution in [3.05, 3.63) is 0 Å². The number of hydrogen-bond acceptors (Lipinski definition) is 4. The molecule has 5 nitrogen and oxygen atoms in total. The van der Waals surface area contributed by atoms with Crippen LogP contribution in [0.1, 0.15) is 19.3 Å². The summed E-state index contributed by atoms with van der Waals surface area (Å²) in [4.78, 5) is 12.8. The monoisotopic (exact) mass is 215 g/mol. The molecule has 0 spiro atoms. The maximum absolute atomic E-state index is 10.8. The van der Waals surface area contributed by atoms with Crippen LogP contribution in [0.4, 0.5) is 0 Å². The van der Waals surface area contributed by atoms with Crippen LogP contribution in [0.15, 0.2) is 0 Å². The molecule has 0 aromatic rings. The van der Waals surface area contributed by atoms with Gasteiger partial charge in [-0.3, -0.25) is 9.69 Å². The predicted octanol–water partition coefficient (Wildman–Crippen LogP) is -0.721. The first-order chi connectivity index (χ1) is 7.06. The van der Waals surface area contributed by atoms with Gasteiger partial charge in [-0.25, -0.2) is 0 Å². The Bertz CT molecular complexity index is 270. The fourth-order valence-corrected chi connectivity index (χ4v) is 2.51. The zero-order valence-electron chi connectivity index (χ0n) is 8.59. The molecule has 1 saturated carbocycles. The number of hydrogen-bond donors (Lipinski definition) is 3. The minimum Gasteiger partial charge on any atom is -0.481 e. The van der Waals surface area contributed by atoms with Crippen molar-refractivity contribution in [1.82, 2.24) is 4.90 Å². The number of aliphatic hydroxyl groups is 2. The Hall–Kier alpha value is -0.650. The second-order valence-corrected chi connectivity index (χ2v) is 4.69. The highest BCUT2D eigenvalue weighted by molar-refractivity contribution is 5.72. The normalized spacial score (nSPS) is 41.5. The predicted molar refractivity (Wildman–Crippen MR) is 52.4 cm³/mol. The van der Waals surface area contributed by atoms with E-state index in [4.69, 9.17) is 10.2 Å². The minimum atomic E-state index is -1.02. The molecule has 1 heterocycles. The number of carboxylic acid groups (broad SMARTS) is 1. The van der Waals surface area contributed by atoms with Crippen LogP contribution in [0, 0.1) is 5.92 Å². The molecule has 5 heteroatoms. The third kappa shape index (κ3) is 1.87. The number of carbonyl (C=O) groups is 1. The van der Waals surface area contributed by atoms with E-state index >= 15 is 0 Å². The molecule has 3 atom stereocenters. The van der Waals surface area contributed by atoms with Gasteiger partial charge in [-0.05, 0) is 19.3 Å². The van der Waals surface area contributed by atoms with Crippen LogP contribution in [-0.4, -0.2) is 57.5 Å². The molecule has 0 aromatic carbocycles. The van der Waals surface area contributed by atoms with E-state index in [1.165, 1.54) is 0 Å². The fourth-order valence-electron chi connectivity index (χ4n) is 2.51. The molecule has 1 aliphatic carbocycles. The Morgan fingerprint density at radius 2 is 2.20 bits per heavy atom. The zero-order valence-corrected chi connectivity index (χ0v) is 8.59. The van der Waals surface area contributed by atoms with Crippen LogP contribution in [0.5, 0.6) is 0 Å². The zero-order chi connectivity index (χ0) is 11.1. The summed E-state index contributed by atoms with van der Waals surface area (Å²) < 4.78 is 0. The van der Waals surface area contributed by atoms with E-state index in [-0.39, 0.29) is 18.6 Å². The lowest BCUT2D eigenvalue weighted by molar-refractivity contribution is -0.149. The molecule has 1 saturated heterocycles. The highest BCUT2D eigenvalue weighted by atomic mass is 16.4. The van der Waals surface area contributed by atoms with E-state index in [1.807, 2.05) is 4.90 Å². The maximum Gasteiger partial charge on any atom is 0.308 e. The summed E-state index contributed by atoms with van der Waals surface area (Å²) in [7, 11) is 0. The largest absolute Gasteiger partial charge is 0.481 e. The molecule has 0 radical (unpaired) electrons. The highest BCUT2D eigenvalue weighted by Crippen LogP contribution is 2.36. The van der Waals surface area contributed by atoms with Crippen LogP contribution >= 0.6 is 0 Å².